The molecule has 3 nitrogen and oxygen atoms in total. The zero-order chi connectivity index (χ0) is 23.6. The maximum Gasteiger partial charge on any atom is 0.129 e. The van der Waals surface area contributed by atoms with Gasteiger partial charge in [-0.15, -0.1) is 0 Å². The summed E-state index contributed by atoms with van der Waals surface area (Å²) in [7, 11) is 1.98. The first-order valence-electron chi connectivity index (χ1n) is 12.5. The summed E-state index contributed by atoms with van der Waals surface area (Å²) >= 11 is 0. The Morgan fingerprint density at radius 3 is 2.06 bits per heavy atom. The van der Waals surface area contributed by atoms with Gasteiger partial charge in [-0.2, -0.15) is 0 Å². The second-order valence-corrected chi connectivity index (χ2v) is 9.95. The average molecular weight is 437 g/mol. The molecule has 0 saturated heterocycles. The van der Waals surface area contributed by atoms with Crippen LogP contribution >= 0.6 is 0 Å². The average Bonchev–Trinajstić information content (AvgIpc) is 3.17. The number of fused-ring (bicyclic) bond motifs is 1. The van der Waals surface area contributed by atoms with Crippen LogP contribution in [-0.4, -0.2) is 9.55 Å². The summed E-state index contributed by atoms with van der Waals surface area (Å²) in [4.78, 5) is 4.30. The summed E-state index contributed by atoms with van der Waals surface area (Å²) < 4.78 is 7.86. The molecule has 3 aromatic rings. The minimum absolute atomic E-state index is 0.659. The molecule has 1 aliphatic rings. The summed E-state index contributed by atoms with van der Waals surface area (Å²) in [6, 6.07) is 14.1. The first-order valence-corrected chi connectivity index (χ1v) is 12.5. The number of benzene rings is 2. The Morgan fingerprint density at radius 1 is 0.938 bits per heavy atom. The summed E-state index contributed by atoms with van der Waals surface area (Å²) in [5, 5.41) is 0. The highest BCUT2D eigenvalue weighted by atomic mass is 16.5. The normalized spacial score (nSPS) is 15.3. The molecule has 0 N–H and O–H groups in total. The second-order valence-electron chi connectivity index (χ2n) is 9.95. The van der Waals surface area contributed by atoms with Crippen molar-refractivity contribution in [1.82, 2.24) is 9.55 Å². The van der Waals surface area contributed by atoms with E-state index in [2.05, 4.69) is 58.7 Å². The molecule has 2 aromatic carbocycles. The van der Waals surface area contributed by atoms with E-state index in [-0.39, 0.29) is 0 Å². The number of hydrogen-bond donors (Lipinski definition) is 0. The molecule has 1 aromatic heterocycles. The number of rotatable bonds is 4. The number of aromatic nitrogens is 2. The Bertz CT molecular complexity index is 912. The Balaban J connectivity index is 0.000000233. The van der Waals surface area contributed by atoms with E-state index >= 15 is 0 Å². The number of nitrogens with zero attached hydrogens (tertiary/aromatic N) is 2. The fraction of sp³-hybridized carbons (Fsp3) is 0.552. The highest BCUT2D eigenvalue weighted by Crippen LogP contribution is 2.37. The lowest BCUT2D eigenvalue weighted by molar-refractivity contribution is 0.201. The van der Waals surface area contributed by atoms with Gasteiger partial charge in [0.25, 0.3) is 0 Å². The highest BCUT2D eigenvalue weighted by molar-refractivity contribution is 5.77. The van der Waals surface area contributed by atoms with Gasteiger partial charge in [-0.25, -0.2) is 4.98 Å². The van der Waals surface area contributed by atoms with Crippen molar-refractivity contribution in [1.29, 1.82) is 0 Å². The van der Waals surface area contributed by atoms with Gasteiger partial charge in [-0.3, -0.25) is 0 Å². The molecule has 1 saturated carbocycles. The van der Waals surface area contributed by atoms with Crippen LogP contribution < -0.4 is 4.74 Å². The Morgan fingerprint density at radius 2 is 1.53 bits per heavy atom. The van der Waals surface area contributed by atoms with Crippen molar-refractivity contribution in [2.24, 2.45) is 18.4 Å². The molecule has 1 heterocycles. The molecule has 32 heavy (non-hydrogen) atoms. The van der Waals surface area contributed by atoms with Crippen LogP contribution in [0.5, 0.6) is 11.5 Å². The van der Waals surface area contributed by atoms with Crippen molar-refractivity contribution in [2.45, 2.75) is 86.5 Å². The fourth-order valence-corrected chi connectivity index (χ4v) is 3.64. The van der Waals surface area contributed by atoms with E-state index in [9.17, 15) is 0 Å². The van der Waals surface area contributed by atoms with Crippen molar-refractivity contribution in [3.8, 4) is 11.5 Å². The van der Waals surface area contributed by atoms with Gasteiger partial charge in [-0.1, -0.05) is 79.4 Å². The number of hydrogen-bond acceptors (Lipinski definition) is 2. The summed E-state index contributed by atoms with van der Waals surface area (Å²) in [6.45, 7) is 13.7. The SMILES string of the molecule is CC1CCC(C)(C)CC1.CCCC.CCc1ccc(Oc2ccc3ncn(C)c3c2)cc1. The molecule has 0 aliphatic heterocycles. The molecule has 4 rings (SSSR count). The lowest BCUT2D eigenvalue weighted by Crippen LogP contribution is -2.19. The van der Waals surface area contributed by atoms with Crippen molar-refractivity contribution < 1.29 is 4.74 Å². The van der Waals surface area contributed by atoms with E-state index < -0.39 is 0 Å². The van der Waals surface area contributed by atoms with Gasteiger partial charge in [0.1, 0.15) is 11.5 Å². The van der Waals surface area contributed by atoms with Crippen LogP contribution in [0.25, 0.3) is 11.0 Å². The van der Waals surface area contributed by atoms with Crippen molar-refractivity contribution in [3.05, 3.63) is 54.4 Å². The second kappa shape index (κ2) is 12.7. The third-order valence-electron chi connectivity index (χ3n) is 6.39. The molecule has 0 radical (unpaired) electrons. The van der Waals surface area contributed by atoms with Crippen LogP contribution in [-0.2, 0) is 13.5 Å². The largest absolute Gasteiger partial charge is 0.457 e. The van der Waals surface area contributed by atoms with Gasteiger partial charge in [0.05, 0.1) is 17.4 Å². The number of ether oxygens (including phenoxy) is 1. The van der Waals surface area contributed by atoms with Crippen LogP contribution in [0.1, 0.15) is 85.6 Å². The maximum absolute atomic E-state index is 5.87. The molecule has 3 heteroatoms. The van der Waals surface area contributed by atoms with Gasteiger partial charge in [-0.05, 0) is 60.4 Å². The van der Waals surface area contributed by atoms with E-state index in [4.69, 9.17) is 4.74 Å². The molecule has 0 bridgehead atoms. The molecular weight excluding hydrogens is 392 g/mol. The summed E-state index contributed by atoms with van der Waals surface area (Å²) in [6.07, 6.45) is 11.3. The first kappa shape index (κ1) is 26.0. The zero-order valence-corrected chi connectivity index (χ0v) is 21.4. The van der Waals surface area contributed by atoms with Crippen molar-refractivity contribution >= 4 is 11.0 Å². The fourth-order valence-electron chi connectivity index (χ4n) is 3.64. The van der Waals surface area contributed by atoms with E-state index in [0.717, 1.165) is 34.9 Å². The number of unbranched alkanes of at least 4 members (excludes halogenated alkanes) is 1. The summed E-state index contributed by atoms with van der Waals surface area (Å²) in [5.74, 6) is 2.69. The topological polar surface area (TPSA) is 27.1 Å². The quantitative estimate of drug-likeness (QED) is 0.408. The van der Waals surface area contributed by atoms with E-state index in [1.807, 2.05) is 48.3 Å². The van der Waals surface area contributed by atoms with Crippen molar-refractivity contribution in [3.63, 3.8) is 0 Å². The first-order chi connectivity index (χ1) is 15.3. The molecule has 176 valence electrons. The zero-order valence-electron chi connectivity index (χ0n) is 21.4. The molecule has 0 atom stereocenters. The third-order valence-corrected chi connectivity index (χ3v) is 6.39. The van der Waals surface area contributed by atoms with Crippen LogP contribution in [0.2, 0.25) is 0 Å². The Kier molecular flexibility index (Phi) is 10.3. The van der Waals surface area contributed by atoms with Gasteiger partial charge in [0.15, 0.2) is 0 Å². The van der Waals surface area contributed by atoms with Gasteiger partial charge in [0, 0.05) is 13.1 Å². The van der Waals surface area contributed by atoms with E-state index in [0.29, 0.717) is 5.41 Å². The summed E-state index contributed by atoms with van der Waals surface area (Å²) in [5.41, 5.74) is 4.03. The molecule has 0 unspecified atom stereocenters. The number of aryl methyl sites for hydroxylation is 2. The molecule has 0 amide bonds. The van der Waals surface area contributed by atoms with Crippen LogP contribution in [0, 0.1) is 11.3 Å². The minimum atomic E-state index is 0.659. The Hall–Kier alpha value is -2.29. The van der Waals surface area contributed by atoms with E-state index in [1.54, 1.807) is 0 Å². The molecule has 1 fully saturated rings. The van der Waals surface area contributed by atoms with Crippen LogP contribution in [0.3, 0.4) is 0 Å². The lowest BCUT2D eigenvalue weighted by atomic mass is 9.74. The van der Waals surface area contributed by atoms with Crippen LogP contribution in [0.4, 0.5) is 0 Å². The maximum atomic E-state index is 5.87. The van der Waals surface area contributed by atoms with Gasteiger partial charge in [0.2, 0.25) is 0 Å². The smallest absolute Gasteiger partial charge is 0.129 e. The monoisotopic (exact) mass is 436 g/mol. The molecular formula is C29H44N2O. The minimum Gasteiger partial charge on any atom is -0.457 e. The molecule has 0 spiro atoms. The van der Waals surface area contributed by atoms with Crippen LogP contribution in [0.15, 0.2) is 48.8 Å². The standard InChI is InChI=1S/C16H16N2O.C9H18.C4H10/c1-3-12-4-6-13(7-5-12)19-14-8-9-15-16(10-14)18(2)11-17-15;1-8-4-6-9(2,3)7-5-8;1-3-4-2/h4-11H,3H2,1-2H3;8H,4-7H2,1-3H3;3-4H2,1-2H3. The predicted molar refractivity (Wildman–Crippen MR) is 139 cm³/mol. The number of imidazole rings is 1. The predicted octanol–water partition coefficient (Wildman–Crippen LogP) is 8.96. The highest BCUT2D eigenvalue weighted by Gasteiger charge is 2.23. The molecule has 1 aliphatic carbocycles. The third kappa shape index (κ3) is 8.33. The van der Waals surface area contributed by atoms with Gasteiger partial charge >= 0.3 is 0 Å². The van der Waals surface area contributed by atoms with E-state index in [1.165, 1.54) is 44.1 Å². The Labute approximate surface area is 196 Å². The van der Waals surface area contributed by atoms with Gasteiger partial charge < -0.3 is 9.30 Å². The lowest BCUT2D eigenvalue weighted by Gasteiger charge is -2.32. The van der Waals surface area contributed by atoms with Crippen molar-refractivity contribution in [2.75, 3.05) is 0 Å².